The summed E-state index contributed by atoms with van der Waals surface area (Å²) >= 11 is 5.69. The number of carbonyl (C=O) groups excluding carboxylic acids is 1. The average molecular weight is 316 g/mol. The van der Waals surface area contributed by atoms with Crippen molar-refractivity contribution >= 4 is 29.0 Å². The Kier molecular flexibility index (Phi) is 6.29. The number of carbonyl (C=O) groups is 1. The third-order valence-corrected chi connectivity index (χ3v) is 3.05. The van der Waals surface area contributed by atoms with Crippen LogP contribution in [-0.4, -0.2) is 33.4 Å². The Balaban J connectivity index is 2.67. The molecule has 0 aromatic carbocycles. The molecule has 0 fully saturated rings. The largest absolute Gasteiger partial charge is 0.364 e. The minimum atomic E-state index is -0.576. The molecular weight excluding hydrogens is 298 g/mol. The molecule has 0 aliphatic rings. The molecule has 116 valence electrons. The summed E-state index contributed by atoms with van der Waals surface area (Å²) < 4.78 is 0. The maximum Gasteiger partial charge on any atom is 0.332 e. The highest BCUT2D eigenvalue weighted by Gasteiger charge is 2.21. The van der Waals surface area contributed by atoms with Crippen LogP contribution in [-0.2, 0) is 4.79 Å². The number of halogens is 1. The van der Waals surface area contributed by atoms with Crippen LogP contribution in [0.25, 0.3) is 0 Å². The average Bonchev–Trinajstić information content (AvgIpc) is 2.37. The quantitative estimate of drug-likeness (QED) is 0.453. The van der Waals surface area contributed by atoms with Crippen molar-refractivity contribution in [3.05, 3.63) is 21.1 Å². The lowest BCUT2D eigenvalue weighted by molar-refractivity contribution is -0.385. The van der Waals surface area contributed by atoms with E-state index in [9.17, 15) is 14.9 Å². The first kappa shape index (κ1) is 17.1. The van der Waals surface area contributed by atoms with E-state index < -0.39 is 4.92 Å². The van der Waals surface area contributed by atoms with Crippen molar-refractivity contribution in [3.63, 3.8) is 0 Å². The molecule has 1 aromatic rings. The van der Waals surface area contributed by atoms with Crippen molar-refractivity contribution in [3.8, 4) is 0 Å². The van der Waals surface area contributed by atoms with Crippen LogP contribution in [0.15, 0.2) is 0 Å². The van der Waals surface area contributed by atoms with E-state index in [-0.39, 0.29) is 47.4 Å². The second kappa shape index (κ2) is 7.72. The lowest BCUT2D eigenvalue weighted by Gasteiger charge is -2.12. The van der Waals surface area contributed by atoms with Crippen LogP contribution in [0.2, 0.25) is 5.28 Å². The molecular formula is C12H18ClN5O3. The van der Waals surface area contributed by atoms with E-state index in [0.717, 1.165) is 6.42 Å². The van der Waals surface area contributed by atoms with E-state index in [1.165, 1.54) is 6.92 Å². The Labute approximate surface area is 127 Å². The lowest BCUT2D eigenvalue weighted by Crippen LogP contribution is -2.33. The van der Waals surface area contributed by atoms with Crippen LogP contribution in [0.3, 0.4) is 0 Å². The number of aryl methyl sites for hydroxylation is 1. The van der Waals surface area contributed by atoms with Crippen molar-refractivity contribution < 1.29 is 9.72 Å². The van der Waals surface area contributed by atoms with Gasteiger partial charge in [-0.25, -0.2) is 4.98 Å². The maximum absolute atomic E-state index is 11.6. The summed E-state index contributed by atoms with van der Waals surface area (Å²) in [4.78, 5) is 29.6. The molecule has 0 saturated heterocycles. The van der Waals surface area contributed by atoms with E-state index in [2.05, 4.69) is 20.6 Å². The predicted molar refractivity (Wildman–Crippen MR) is 79.4 cm³/mol. The minimum absolute atomic E-state index is 0.0221. The van der Waals surface area contributed by atoms with Crippen molar-refractivity contribution in [2.75, 3.05) is 11.9 Å². The predicted octanol–water partition coefficient (Wildman–Crippen LogP) is 2.06. The summed E-state index contributed by atoms with van der Waals surface area (Å²) in [7, 11) is 0. The number of rotatable bonds is 7. The zero-order valence-corrected chi connectivity index (χ0v) is 12.9. The van der Waals surface area contributed by atoms with Crippen LogP contribution in [0.4, 0.5) is 11.5 Å². The minimum Gasteiger partial charge on any atom is -0.364 e. The molecule has 0 bridgehead atoms. The molecule has 0 spiro atoms. The Morgan fingerprint density at radius 3 is 2.71 bits per heavy atom. The first-order valence-corrected chi connectivity index (χ1v) is 6.94. The van der Waals surface area contributed by atoms with E-state index in [1.807, 2.05) is 13.8 Å². The normalized spacial score (nSPS) is 11.8. The zero-order chi connectivity index (χ0) is 16.0. The Morgan fingerprint density at radius 2 is 2.14 bits per heavy atom. The highest BCUT2D eigenvalue weighted by atomic mass is 35.5. The Morgan fingerprint density at radius 1 is 1.48 bits per heavy atom. The van der Waals surface area contributed by atoms with Gasteiger partial charge in [-0.2, -0.15) is 4.98 Å². The molecule has 1 amide bonds. The number of aromatic nitrogens is 2. The second-order valence-corrected chi connectivity index (χ2v) is 4.92. The van der Waals surface area contributed by atoms with Crippen molar-refractivity contribution in [1.82, 2.24) is 15.3 Å². The van der Waals surface area contributed by atoms with Crippen LogP contribution < -0.4 is 10.6 Å². The van der Waals surface area contributed by atoms with Gasteiger partial charge < -0.3 is 10.6 Å². The Hall–Kier alpha value is -1.96. The van der Waals surface area contributed by atoms with Gasteiger partial charge in [-0.15, -0.1) is 0 Å². The van der Waals surface area contributed by atoms with Gasteiger partial charge in [0.05, 0.1) is 4.92 Å². The van der Waals surface area contributed by atoms with Crippen molar-refractivity contribution in [1.29, 1.82) is 0 Å². The number of amides is 1. The fraction of sp³-hybridized carbons (Fsp3) is 0.583. The topological polar surface area (TPSA) is 110 Å². The molecule has 8 nitrogen and oxygen atoms in total. The maximum atomic E-state index is 11.6. The van der Waals surface area contributed by atoms with Gasteiger partial charge in [0, 0.05) is 19.0 Å². The number of hydrogen-bond acceptors (Lipinski definition) is 6. The first-order chi connectivity index (χ1) is 9.85. The third-order valence-electron chi connectivity index (χ3n) is 2.88. The molecule has 1 atom stereocenters. The molecule has 21 heavy (non-hydrogen) atoms. The van der Waals surface area contributed by atoms with E-state index in [4.69, 9.17) is 11.6 Å². The smallest absolute Gasteiger partial charge is 0.332 e. The number of nitro groups is 1. The summed E-state index contributed by atoms with van der Waals surface area (Å²) in [5, 5.41) is 16.5. The van der Waals surface area contributed by atoms with Crippen molar-refractivity contribution in [2.24, 2.45) is 0 Å². The van der Waals surface area contributed by atoms with Crippen molar-refractivity contribution in [2.45, 2.75) is 39.7 Å². The molecule has 0 aliphatic heterocycles. The zero-order valence-electron chi connectivity index (χ0n) is 12.1. The SMILES string of the molecule is CCC(C)NC(=O)CCNc1nc(Cl)nc(C)c1[N+](=O)[O-]. The molecule has 1 heterocycles. The van der Waals surface area contributed by atoms with E-state index >= 15 is 0 Å². The summed E-state index contributed by atoms with van der Waals surface area (Å²) in [6.45, 7) is 5.57. The standard InChI is InChI=1S/C12H18ClN5O3/c1-4-7(2)15-9(19)5-6-14-11-10(18(20)21)8(3)16-12(13)17-11/h7H,4-6H2,1-3H3,(H,15,19)(H,14,16,17). The molecule has 0 saturated carbocycles. The van der Waals surface area contributed by atoms with Crippen LogP contribution >= 0.6 is 11.6 Å². The van der Waals surface area contributed by atoms with Gasteiger partial charge in [0.25, 0.3) is 0 Å². The molecule has 2 N–H and O–H groups in total. The van der Waals surface area contributed by atoms with Gasteiger partial charge in [-0.1, -0.05) is 6.92 Å². The van der Waals surface area contributed by atoms with E-state index in [1.54, 1.807) is 0 Å². The molecule has 1 aromatic heterocycles. The fourth-order valence-electron chi connectivity index (χ4n) is 1.62. The number of hydrogen-bond donors (Lipinski definition) is 2. The molecule has 9 heteroatoms. The van der Waals surface area contributed by atoms with Gasteiger partial charge in [0.15, 0.2) is 0 Å². The number of nitrogens with one attached hydrogen (secondary N) is 2. The lowest BCUT2D eigenvalue weighted by atomic mass is 10.2. The van der Waals surface area contributed by atoms with Crippen LogP contribution in [0, 0.1) is 17.0 Å². The van der Waals surface area contributed by atoms with Crippen LogP contribution in [0.1, 0.15) is 32.4 Å². The van der Waals surface area contributed by atoms with Crippen LogP contribution in [0.5, 0.6) is 0 Å². The summed E-state index contributed by atoms with van der Waals surface area (Å²) in [5.41, 5.74) is -0.0618. The van der Waals surface area contributed by atoms with Gasteiger partial charge in [-0.3, -0.25) is 14.9 Å². The molecule has 0 aliphatic carbocycles. The summed E-state index contributed by atoms with van der Waals surface area (Å²) in [6.07, 6.45) is 1.02. The first-order valence-electron chi connectivity index (χ1n) is 6.56. The number of nitrogens with zero attached hydrogens (tertiary/aromatic N) is 3. The summed E-state index contributed by atoms with van der Waals surface area (Å²) in [5.74, 6) is -0.106. The van der Waals surface area contributed by atoms with Gasteiger partial charge >= 0.3 is 5.69 Å². The molecule has 0 radical (unpaired) electrons. The van der Waals surface area contributed by atoms with E-state index in [0.29, 0.717) is 0 Å². The third kappa shape index (κ3) is 5.14. The second-order valence-electron chi connectivity index (χ2n) is 4.59. The van der Waals surface area contributed by atoms with Gasteiger partial charge in [0.1, 0.15) is 5.69 Å². The highest BCUT2D eigenvalue weighted by Crippen LogP contribution is 2.26. The number of anilines is 1. The summed E-state index contributed by atoms with van der Waals surface area (Å²) in [6, 6.07) is 0.0996. The van der Waals surface area contributed by atoms with Gasteiger partial charge in [-0.05, 0) is 31.9 Å². The monoisotopic (exact) mass is 315 g/mol. The Bertz CT molecular complexity index is 538. The molecule has 1 unspecified atom stereocenters. The fourth-order valence-corrected chi connectivity index (χ4v) is 1.83. The molecule has 1 rings (SSSR count). The van der Waals surface area contributed by atoms with Gasteiger partial charge in [0.2, 0.25) is 17.0 Å². The highest BCUT2D eigenvalue weighted by molar-refractivity contribution is 6.28.